The lowest BCUT2D eigenvalue weighted by Crippen LogP contribution is -2.32. The van der Waals surface area contributed by atoms with Gasteiger partial charge in [0.1, 0.15) is 18.3 Å². The second kappa shape index (κ2) is 14.3. The van der Waals surface area contributed by atoms with E-state index in [1.165, 1.54) is 0 Å². The molecule has 230 valence electrons. The maximum Gasteiger partial charge on any atom is 0.323 e. The van der Waals surface area contributed by atoms with Gasteiger partial charge in [0, 0.05) is 24.0 Å². The van der Waals surface area contributed by atoms with Crippen LogP contribution in [0, 0.1) is 0 Å². The molecule has 2 aromatic carbocycles. The lowest BCUT2D eigenvalue weighted by molar-refractivity contribution is -0.146. The van der Waals surface area contributed by atoms with Gasteiger partial charge < -0.3 is 23.7 Å². The van der Waals surface area contributed by atoms with Gasteiger partial charge >= 0.3 is 11.9 Å². The molecule has 42 heavy (non-hydrogen) atoms. The molecule has 8 heteroatoms. The Hall–Kier alpha value is -3.23. The van der Waals surface area contributed by atoms with Crippen molar-refractivity contribution in [2.24, 2.45) is 0 Å². The summed E-state index contributed by atoms with van der Waals surface area (Å²) in [6.07, 6.45) is 1.94. The minimum atomic E-state index is -0.481. The van der Waals surface area contributed by atoms with Crippen molar-refractivity contribution in [1.29, 1.82) is 0 Å². The minimum Gasteiger partial charge on any atom is -0.466 e. The largest absolute Gasteiger partial charge is 0.466 e. The molecule has 3 rings (SSSR count). The van der Waals surface area contributed by atoms with Gasteiger partial charge in [-0.1, -0.05) is 63.2 Å². The number of benzene rings is 2. The van der Waals surface area contributed by atoms with E-state index in [2.05, 4.69) is 25.5 Å². The molecule has 8 nitrogen and oxygen atoms in total. The monoisotopic (exact) mass is 582 g/mol. The maximum absolute atomic E-state index is 12.9. The SMILES string of the molecule is CC(C)(CCOC(=O)CCc1cc2c(c(C(C)(C)C)c1)OC(=O)C2c1ccccc1)OCCC(C)(C)OCCOC=O. The average molecular weight is 583 g/mol. The molecular weight excluding hydrogens is 536 g/mol. The first-order valence-corrected chi connectivity index (χ1v) is 14.7. The van der Waals surface area contributed by atoms with Crippen LogP contribution in [0.1, 0.15) is 95.9 Å². The number of carbonyl (C=O) groups is 3. The molecule has 0 saturated carbocycles. The van der Waals surface area contributed by atoms with Crippen molar-refractivity contribution < 1.29 is 38.1 Å². The zero-order chi connectivity index (χ0) is 31.0. The zero-order valence-electron chi connectivity index (χ0n) is 26.1. The fraction of sp³-hybridized carbons (Fsp3) is 0.559. The quantitative estimate of drug-likeness (QED) is 0.102. The minimum absolute atomic E-state index is 0.219. The van der Waals surface area contributed by atoms with Crippen LogP contribution in [0.4, 0.5) is 0 Å². The Labute approximate surface area is 250 Å². The second-order valence-electron chi connectivity index (χ2n) is 13.0. The normalized spacial score (nSPS) is 15.2. The highest BCUT2D eigenvalue weighted by molar-refractivity contribution is 5.90. The first-order valence-electron chi connectivity index (χ1n) is 14.7. The highest BCUT2D eigenvalue weighted by Gasteiger charge is 2.38. The number of hydrogen-bond acceptors (Lipinski definition) is 8. The van der Waals surface area contributed by atoms with Crippen LogP contribution in [-0.2, 0) is 45.2 Å². The van der Waals surface area contributed by atoms with E-state index in [1.54, 1.807) is 0 Å². The zero-order valence-corrected chi connectivity index (χ0v) is 26.1. The van der Waals surface area contributed by atoms with Crippen LogP contribution in [0.25, 0.3) is 0 Å². The van der Waals surface area contributed by atoms with E-state index >= 15 is 0 Å². The Morgan fingerprint density at radius 2 is 1.52 bits per heavy atom. The molecule has 1 aliphatic heterocycles. The first-order chi connectivity index (χ1) is 19.7. The van der Waals surface area contributed by atoms with E-state index < -0.39 is 17.1 Å². The lowest BCUT2D eigenvalue weighted by Gasteiger charge is -2.29. The van der Waals surface area contributed by atoms with E-state index in [4.69, 9.17) is 18.9 Å². The van der Waals surface area contributed by atoms with Crippen molar-refractivity contribution in [3.05, 3.63) is 64.7 Å². The van der Waals surface area contributed by atoms with Gasteiger partial charge in [-0.25, -0.2) is 0 Å². The highest BCUT2D eigenvalue weighted by Crippen LogP contribution is 2.45. The van der Waals surface area contributed by atoms with E-state index in [0.29, 0.717) is 44.7 Å². The molecule has 0 bridgehead atoms. The van der Waals surface area contributed by atoms with Crippen molar-refractivity contribution in [2.45, 2.75) is 96.7 Å². The maximum atomic E-state index is 12.9. The highest BCUT2D eigenvalue weighted by atomic mass is 16.6. The molecule has 1 atom stereocenters. The summed E-state index contributed by atoms with van der Waals surface area (Å²) in [5.74, 6) is -0.396. The Morgan fingerprint density at radius 3 is 2.17 bits per heavy atom. The number of carbonyl (C=O) groups excluding carboxylic acids is 3. The molecule has 0 aromatic heterocycles. The number of rotatable bonds is 16. The average Bonchev–Trinajstić information content (AvgIpc) is 3.24. The van der Waals surface area contributed by atoms with Gasteiger partial charge in [-0.15, -0.1) is 0 Å². The third-order valence-corrected chi connectivity index (χ3v) is 7.41. The van der Waals surface area contributed by atoms with Crippen molar-refractivity contribution in [3.63, 3.8) is 0 Å². The Morgan fingerprint density at radius 1 is 0.881 bits per heavy atom. The van der Waals surface area contributed by atoms with Gasteiger partial charge in [-0.3, -0.25) is 14.4 Å². The van der Waals surface area contributed by atoms with Crippen LogP contribution >= 0.6 is 0 Å². The van der Waals surface area contributed by atoms with Crippen LogP contribution in [0.5, 0.6) is 5.75 Å². The van der Waals surface area contributed by atoms with Gasteiger partial charge in [-0.05, 0) is 57.1 Å². The summed E-state index contributed by atoms with van der Waals surface area (Å²) < 4.78 is 27.8. The predicted molar refractivity (Wildman–Crippen MR) is 160 cm³/mol. The Kier molecular flexibility index (Phi) is 11.3. The topological polar surface area (TPSA) is 97.4 Å². The van der Waals surface area contributed by atoms with Crippen molar-refractivity contribution in [3.8, 4) is 5.75 Å². The third kappa shape index (κ3) is 9.66. The smallest absolute Gasteiger partial charge is 0.323 e. The fourth-order valence-electron chi connectivity index (χ4n) is 4.85. The fourth-order valence-corrected chi connectivity index (χ4v) is 4.85. The van der Waals surface area contributed by atoms with E-state index in [-0.39, 0.29) is 37.0 Å². The summed E-state index contributed by atoms with van der Waals surface area (Å²) in [5, 5.41) is 0. The Balaban J connectivity index is 1.53. The lowest BCUT2D eigenvalue weighted by atomic mass is 9.81. The molecule has 2 aromatic rings. The molecule has 0 radical (unpaired) electrons. The number of esters is 2. The van der Waals surface area contributed by atoms with Gasteiger partial charge in [-0.2, -0.15) is 0 Å². The summed E-state index contributed by atoms with van der Waals surface area (Å²) >= 11 is 0. The molecule has 0 fully saturated rings. The van der Waals surface area contributed by atoms with Crippen molar-refractivity contribution in [1.82, 2.24) is 0 Å². The van der Waals surface area contributed by atoms with Gasteiger partial charge in [0.25, 0.3) is 6.47 Å². The summed E-state index contributed by atoms with van der Waals surface area (Å²) in [7, 11) is 0. The van der Waals surface area contributed by atoms with Gasteiger partial charge in [0.05, 0.1) is 31.0 Å². The summed E-state index contributed by atoms with van der Waals surface area (Å²) in [5.41, 5.74) is 2.53. The van der Waals surface area contributed by atoms with E-state index in [9.17, 15) is 14.4 Å². The summed E-state index contributed by atoms with van der Waals surface area (Å²) in [6, 6.07) is 13.7. The van der Waals surface area contributed by atoms with Crippen LogP contribution in [0.2, 0.25) is 0 Å². The second-order valence-corrected chi connectivity index (χ2v) is 13.0. The van der Waals surface area contributed by atoms with Crippen molar-refractivity contribution >= 4 is 18.4 Å². The summed E-state index contributed by atoms with van der Waals surface area (Å²) in [4.78, 5) is 35.8. The molecule has 0 amide bonds. The molecule has 1 aliphatic rings. The molecule has 0 aliphatic carbocycles. The first kappa shape index (κ1) is 33.3. The number of hydrogen-bond donors (Lipinski definition) is 0. The van der Waals surface area contributed by atoms with Gasteiger partial charge in [0.2, 0.25) is 0 Å². The third-order valence-electron chi connectivity index (χ3n) is 7.41. The molecule has 0 saturated heterocycles. The van der Waals surface area contributed by atoms with Crippen LogP contribution in [0.3, 0.4) is 0 Å². The van der Waals surface area contributed by atoms with Gasteiger partial charge in [0.15, 0.2) is 0 Å². The standard InChI is InChI=1S/C34H46O8/c1-32(2,3)27-22-24(21-26-29(31(37)42-30(26)27)25-11-9-8-10-12-25)13-14-28(36)39-17-15-33(4,5)40-18-16-34(6,7)41-20-19-38-23-35/h8-12,21-23,29H,13-20H2,1-7H3. The number of fused-ring (bicyclic) bond motifs is 1. The predicted octanol–water partition coefficient (Wildman–Crippen LogP) is 6.05. The molecule has 1 unspecified atom stereocenters. The van der Waals surface area contributed by atoms with E-state index in [1.807, 2.05) is 70.2 Å². The summed E-state index contributed by atoms with van der Waals surface area (Å²) in [6.45, 7) is 15.8. The number of aryl methyl sites for hydroxylation is 1. The molecule has 0 spiro atoms. The van der Waals surface area contributed by atoms with Crippen molar-refractivity contribution in [2.75, 3.05) is 26.4 Å². The molecular formula is C34H46O8. The number of ether oxygens (including phenoxy) is 5. The van der Waals surface area contributed by atoms with Crippen LogP contribution in [0.15, 0.2) is 42.5 Å². The Bertz CT molecular complexity index is 1210. The van der Waals surface area contributed by atoms with E-state index in [0.717, 1.165) is 22.3 Å². The van der Waals surface area contributed by atoms with Crippen LogP contribution in [-0.4, -0.2) is 56.0 Å². The molecule has 0 N–H and O–H groups in total. The molecule has 1 heterocycles. The van der Waals surface area contributed by atoms with Crippen LogP contribution < -0.4 is 4.74 Å².